The van der Waals surface area contributed by atoms with Crippen LogP contribution in [0.25, 0.3) is 0 Å². The number of aromatic nitrogens is 1. The fraction of sp³-hybridized carbons (Fsp3) is 0.438. The topological polar surface area (TPSA) is 45.6 Å². The van der Waals surface area contributed by atoms with Crippen molar-refractivity contribution >= 4 is 16.5 Å². The van der Waals surface area contributed by atoms with Crippen LogP contribution in [-0.2, 0) is 11.2 Å². The molecule has 5 heteroatoms. The maximum absolute atomic E-state index is 10.3. The lowest BCUT2D eigenvalue weighted by molar-refractivity contribution is 0.177. The first kappa shape index (κ1) is 14.5. The van der Waals surface area contributed by atoms with E-state index < -0.39 is 6.10 Å². The molecule has 2 unspecified atom stereocenters. The highest BCUT2D eigenvalue weighted by molar-refractivity contribution is 7.13. The number of hydrogen-bond donors (Lipinski definition) is 1. The van der Waals surface area contributed by atoms with Crippen molar-refractivity contribution in [1.29, 1.82) is 0 Å². The summed E-state index contributed by atoms with van der Waals surface area (Å²) in [7, 11) is 2.07. The van der Waals surface area contributed by atoms with Gasteiger partial charge in [0, 0.05) is 25.5 Å². The van der Waals surface area contributed by atoms with Crippen molar-refractivity contribution in [3.8, 4) is 0 Å². The van der Waals surface area contributed by atoms with E-state index in [1.54, 1.807) is 11.3 Å². The number of thiazole rings is 1. The number of rotatable bonds is 5. The van der Waals surface area contributed by atoms with Crippen LogP contribution in [0.15, 0.2) is 35.7 Å². The molecule has 4 nitrogen and oxygen atoms in total. The van der Waals surface area contributed by atoms with Gasteiger partial charge in [-0.1, -0.05) is 30.3 Å². The molecule has 3 rings (SSSR count). The Morgan fingerprint density at radius 2 is 2.24 bits per heavy atom. The molecule has 0 radical (unpaired) electrons. The normalized spacial score (nSPS) is 19.6. The first-order valence-electron chi connectivity index (χ1n) is 7.22. The summed E-state index contributed by atoms with van der Waals surface area (Å²) < 4.78 is 5.42. The van der Waals surface area contributed by atoms with Crippen LogP contribution in [0.1, 0.15) is 23.8 Å². The first-order valence-corrected chi connectivity index (χ1v) is 8.10. The van der Waals surface area contributed by atoms with E-state index in [9.17, 15) is 5.11 Å². The van der Waals surface area contributed by atoms with Crippen LogP contribution in [0, 0.1) is 0 Å². The van der Waals surface area contributed by atoms with Crippen LogP contribution >= 0.6 is 11.3 Å². The fourth-order valence-electron chi connectivity index (χ4n) is 2.53. The van der Waals surface area contributed by atoms with Crippen molar-refractivity contribution in [3.63, 3.8) is 0 Å². The van der Waals surface area contributed by atoms with E-state index in [4.69, 9.17) is 4.74 Å². The van der Waals surface area contributed by atoms with Gasteiger partial charge in [-0.15, -0.1) is 11.3 Å². The molecule has 2 atom stereocenters. The monoisotopic (exact) mass is 304 g/mol. The number of aliphatic hydroxyl groups is 1. The third-order valence-corrected chi connectivity index (χ3v) is 4.86. The van der Waals surface area contributed by atoms with Crippen molar-refractivity contribution < 1.29 is 9.84 Å². The van der Waals surface area contributed by atoms with Gasteiger partial charge in [0.05, 0.1) is 24.4 Å². The Balaban J connectivity index is 1.65. The van der Waals surface area contributed by atoms with E-state index in [1.807, 2.05) is 35.7 Å². The molecule has 112 valence electrons. The van der Waals surface area contributed by atoms with E-state index >= 15 is 0 Å². The van der Waals surface area contributed by atoms with E-state index in [2.05, 4.69) is 16.9 Å². The maximum Gasteiger partial charge on any atom is 0.185 e. The minimum atomic E-state index is -0.499. The Hall–Kier alpha value is -1.43. The number of benzene rings is 1. The average molecular weight is 304 g/mol. The van der Waals surface area contributed by atoms with Gasteiger partial charge in [0.25, 0.3) is 0 Å². The second-order valence-corrected chi connectivity index (χ2v) is 6.22. The minimum absolute atomic E-state index is 0.419. The highest BCUT2D eigenvalue weighted by atomic mass is 32.1. The van der Waals surface area contributed by atoms with Crippen molar-refractivity contribution in [2.24, 2.45) is 0 Å². The van der Waals surface area contributed by atoms with Crippen LogP contribution in [0.4, 0.5) is 5.13 Å². The van der Waals surface area contributed by atoms with Gasteiger partial charge in [-0.25, -0.2) is 4.98 Å². The predicted molar refractivity (Wildman–Crippen MR) is 84.8 cm³/mol. The Kier molecular flexibility index (Phi) is 4.53. The highest BCUT2D eigenvalue weighted by Crippen LogP contribution is 2.26. The zero-order valence-electron chi connectivity index (χ0n) is 12.1. The van der Waals surface area contributed by atoms with E-state index in [0.717, 1.165) is 36.0 Å². The van der Waals surface area contributed by atoms with Crippen LogP contribution in [0.5, 0.6) is 0 Å². The van der Waals surface area contributed by atoms with Crippen molar-refractivity contribution in [1.82, 2.24) is 4.98 Å². The predicted octanol–water partition coefficient (Wildman–Crippen LogP) is 2.64. The smallest absolute Gasteiger partial charge is 0.185 e. The molecule has 2 aromatic rings. The molecular formula is C16H20N2O2S. The molecule has 2 heterocycles. The summed E-state index contributed by atoms with van der Waals surface area (Å²) in [6, 6.07) is 10.1. The number of likely N-dealkylation sites (N-methyl/N-ethyl adjacent to an activating group) is 1. The number of nitrogens with zero attached hydrogens (tertiary/aromatic N) is 2. The molecule has 1 fully saturated rings. The quantitative estimate of drug-likeness (QED) is 0.922. The second-order valence-electron chi connectivity index (χ2n) is 5.38. The summed E-state index contributed by atoms with van der Waals surface area (Å²) in [5, 5.41) is 13.3. The molecule has 1 N–H and O–H groups in total. The average Bonchev–Trinajstić information content (AvgIpc) is 3.19. The van der Waals surface area contributed by atoms with Gasteiger partial charge in [0.1, 0.15) is 0 Å². The molecular weight excluding hydrogens is 284 g/mol. The van der Waals surface area contributed by atoms with E-state index in [-0.39, 0.29) is 0 Å². The zero-order chi connectivity index (χ0) is 14.7. The van der Waals surface area contributed by atoms with Gasteiger partial charge in [-0.2, -0.15) is 0 Å². The first-order chi connectivity index (χ1) is 10.2. The summed E-state index contributed by atoms with van der Waals surface area (Å²) in [4.78, 5) is 6.84. The SMILES string of the molecule is CN(c1nc(CC(O)c2ccccc2)cs1)C1CCOC1. The molecule has 1 aliphatic rings. The lowest BCUT2D eigenvalue weighted by Crippen LogP contribution is -2.31. The molecule has 1 aliphatic heterocycles. The van der Waals surface area contributed by atoms with Gasteiger partial charge >= 0.3 is 0 Å². The molecule has 21 heavy (non-hydrogen) atoms. The highest BCUT2D eigenvalue weighted by Gasteiger charge is 2.22. The summed E-state index contributed by atoms with van der Waals surface area (Å²) in [6.07, 6.45) is 1.11. The molecule has 0 saturated carbocycles. The number of aliphatic hydroxyl groups excluding tert-OH is 1. The molecule has 1 saturated heterocycles. The van der Waals surface area contributed by atoms with Crippen molar-refractivity contribution in [2.75, 3.05) is 25.2 Å². The Bertz CT molecular complexity index is 567. The van der Waals surface area contributed by atoms with Crippen LogP contribution in [0.2, 0.25) is 0 Å². The molecule has 0 amide bonds. The minimum Gasteiger partial charge on any atom is -0.388 e. The van der Waals surface area contributed by atoms with Gasteiger partial charge in [0.2, 0.25) is 0 Å². The van der Waals surface area contributed by atoms with E-state index in [1.165, 1.54) is 0 Å². The molecule has 0 aliphatic carbocycles. The zero-order valence-corrected chi connectivity index (χ0v) is 12.9. The summed E-state index contributed by atoms with van der Waals surface area (Å²) in [5.74, 6) is 0. The number of ether oxygens (including phenoxy) is 1. The summed E-state index contributed by atoms with van der Waals surface area (Å²) >= 11 is 1.63. The lowest BCUT2D eigenvalue weighted by atomic mass is 10.1. The third-order valence-electron chi connectivity index (χ3n) is 3.88. The largest absolute Gasteiger partial charge is 0.388 e. The summed E-state index contributed by atoms with van der Waals surface area (Å²) in [5.41, 5.74) is 1.88. The number of hydrogen-bond acceptors (Lipinski definition) is 5. The van der Waals surface area contributed by atoms with Gasteiger partial charge < -0.3 is 14.7 Å². The molecule has 0 spiro atoms. The van der Waals surface area contributed by atoms with Crippen LogP contribution < -0.4 is 4.90 Å². The van der Waals surface area contributed by atoms with Crippen LogP contribution in [0.3, 0.4) is 0 Å². The van der Waals surface area contributed by atoms with Crippen molar-refractivity contribution in [3.05, 3.63) is 47.0 Å². The van der Waals surface area contributed by atoms with Crippen LogP contribution in [-0.4, -0.2) is 36.4 Å². The third kappa shape index (κ3) is 3.43. The molecule has 1 aromatic heterocycles. The molecule has 1 aromatic carbocycles. The number of anilines is 1. The maximum atomic E-state index is 10.3. The fourth-order valence-corrected chi connectivity index (χ4v) is 3.40. The van der Waals surface area contributed by atoms with Gasteiger partial charge in [0.15, 0.2) is 5.13 Å². The van der Waals surface area contributed by atoms with Gasteiger partial charge in [-0.3, -0.25) is 0 Å². The summed E-state index contributed by atoms with van der Waals surface area (Å²) in [6.45, 7) is 1.61. The van der Waals surface area contributed by atoms with Gasteiger partial charge in [-0.05, 0) is 12.0 Å². The Morgan fingerprint density at radius 3 is 2.95 bits per heavy atom. The standard InChI is InChI=1S/C16H20N2O2S/c1-18(14-7-8-20-10-14)16-17-13(11-21-16)9-15(19)12-5-3-2-4-6-12/h2-6,11,14-15,19H,7-10H2,1H3. The Labute approximate surface area is 129 Å². The van der Waals surface area contributed by atoms with E-state index in [0.29, 0.717) is 12.5 Å². The second kappa shape index (κ2) is 6.56. The molecule has 0 bridgehead atoms. The Morgan fingerprint density at radius 1 is 1.43 bits per heavy atom. The lowest BCUT2D eigenvalue weighted by Gasteiger charge is -2.22. The van der Waals surface area contributed by atoms with Crippen molar-refractivity contribution in [2.45, 2.75) is 25.0 Å².